The van der Waals surface area contributed by atoms with Crippen molar-refractivity contribution in [2.75, 3.05) is 13.6 Å². The molecule has 4 rings (SSSR count). The summed E-state index contributed by atoms with van der Waals surface area (Å²) in [5, 5.41) is 8.15. The van der Waals surface area contributed by atoms with Crippen molar-refractivity contribution in [3.05, 3.63) is 36.4 Å². The summed E-state index contributed by atoms with van der Waals surface area (Å²) in [6.45, 7) is 3.38. The number of hydrogen-bond acceptors (Lipinski definition) is 3. The number of nitrogens with one attached hydrogen (secondary N) is 2. The fraction of sp³-hybridized carbons (Fsp3) is 0.474. The zero-order chi connectivity index (χ0) is 16.5. The van der Waals surface area contributed by atoms with Gasteiger partial charge in [-0.25, -0.2) is 4.98 Å². The van der Waals surface area contributed by atoms with Crippen molar-refractivity contribution in [2.24, 2.45) is 0 Å². The standard InChI is InChI=1S/C19H25N5/c1-3-24(2)16-6-4-13(5-7-16)14-8-17-18(15-10-22-23-11-15)12-21-19(17)20-9-14/h8-13,16H,3-7H2,1-2H3,(H,20,21)(H,22,23). The maximum Gasteiger partial charge on any atom is 0.137 e. The third-order valence-electron chi connectivity index (χ3n) is 5.65. The van der Waals surface area contributed by atoms with Gasteiger partial charge in [-0.05, 0) is 56.8 Å². The lowest BCUT2D eigenvalue weighted by molar-refractivity contribution is 0.190. The summed E-state index contributed by atoms with van der Waals surface area (Å²) < 4.78 is 0. The number of nitrogens with zero attached hydrogens (tertiary/aromatic N) is 3. The molecule has 2 N–H and O–H groups in total. The summed E-state index contributed by atoms with van der Waals surface area (Å²) in [6.07, 6.45) is 13.0. The van der Waals surface area contributed by atoms with E-state index in [4.69, 9.17) is 0 Å². The van der Waals surface area contributed by atoms with E-state index in [1.165, 1.54) is 42.2 Å². The predicted octanol–water partition coefficient (Wildman–Crippen LogP) is 3.93. The first-order valence-electron chi connectivity index (χ1n) is 8.92. The lowest BCUT2D eigenvalue weighted by Gasteiger charge is -2.34. The maximum atomic E-state index is 4.66. The van der Waals surface area contributed by atoms with Gasteiger partial charge in [0, 0.05) is 41.1 Å². The Morgan fingerprint density at radius 3 is 2.71 bits per heavy atom. The van der Waals surface area contributed by atoms with Crippen LogP contribution in [0.25, 0.3) is 22.2 Å². The number of aromatic nitrogens is 4. The van der Waals surface area contributed by atoms with Crippen LogP contribution in [0.3, 0.4) is 0 Å². The normalized spacial score (nSPS) is 21.6. The second-order valence-electron chi connectivity index (χ2n) is 6.93. The summed E-state index contributed by atoms with van der Waals surface area (Å²) >= 11 is 0. The second-order valence-corrected chi connectivity index (χ2v) is 6.93. The monoisotopic (exact) mass is 323 g/mol. The van der Waals surface area contributed by atoms with E-state index in [9.17, 15) is 0 Å². The molecule has 0 amide bonds. The Bertz CT molecular complexity index is 796. The molecular formula is C19H25N5. The average molecular weight is 323 g/mol. The van der Waals surface area contributed by atoms with Crippen LogP contribution in [0.1, 0.15) is 44.1 Å². The maximum absolute atomic E-state index is 4.66. The van der Waals surface area contributed by atoms with Crippen molar-refractivity contribution in [1.29, 1.82) is 0 Å². The zero-order valence-electron chi connectivity index (χ0n) is 14.4. The van der Waals surface area contributed by atoms with E-state index in [1.807, 2.05) is 18.6 Å². The molecule has 5 nitrogen and oxygen atoms in total. The molecule has 1 aliphatic rings. The lowest BCUT2D eigenvalue weighted by Crippen LogP contribution is -2.34. The summed E-state index contributed by atoms with van der Waals surface area (Å²) in [6, 6.07) is 3.08. The molecule has 126 valence electrons. The van der Waals surface area contributed by atoms with Crippen LogP contribution in [0, 0.1) is 0 Å². The van der Waals surface area contributed by atoms with Crippen LogP contribution in [0.15, 0.2) is 30.9 Å². The van der Waals surface area contributed by atoms with Crippen LogP contribution in [0.4, 0.5) is 0 Å². The van der Waals surface area contributed by atoms with Crippen molar-refractivity contribution in [2.45, 2.75) is 44.6 Å². The number of rotatable bonds is 4. The van der Waals surface area contributed by atoms with E-state index in [0.29, 0.717) is 5.92 Å². The van der Waals surface area contributed by atoms with E-state index >= 15 is 0 Å². The van der Waals surface area contributed by atoms with Gasteiger partial charge in [0.25, 0.3) is 0 Å². The number of aromatic amines is 2. The van der Waals surface area contributed by atoms with Gasteiger partial charge in [-0.2, -0.15) is 5.10 Å². The molecular weight excluding hydrogens is 298 g/mol. The molecule has 0 bridgehead atoms. The Labute approximate surface area is 142 Å². The highest BCUT2D eigenvalue weighted by Gasteiger charge is 2.25. The highest BCUT2D eigenvalue weighted by atomic mass is 15.1. The van der Waals surface area contributed by atoms with Crippen molar-refractivity contribution < 1.29 is 0 Å². The molecule has 0 aromatic carbocycles. The van der Waals surface area contributed by atoms with Crippen LogP contribution >= 0.6 is 0 Å². The topological polar surface area (TPSA) is 60.6 Å². The molecule has 1 fully saturated rings. The summed E-state index contributed by atoms with van der Waals surface area (Å²) in [4.78, 5) is 10.4. The number of pyridine rings is 1. The fourth-order valence-corrected chi connectivity index (χ4v) is 3.99. The first-order chi connectivity index (χ1) is 11.8. The molecule has 5 heteroatoms. The number of hydrogen-bond donors (Lipinski definition) is 2. The molecule has 1 aliphatic carbocycles. The average Bonchev–Trinajstić information content (AvgIpc) is 3.29. The van der Waals surface area contributed by atoms with Gasteiger partial charge < -0.3 is 9.88 Å². The lowest BCUT2D eigenvalue weighted by atomic mass is 9.81. The van der Waals surface area contributed by atoms with Gasteiger partial charge in [-0.1, -0.05) is 6.92 Å². The van der Waals surface area contributed by atoms with Gasteiger partial charge in [0.05, 0.1) is 6.20 Å². The van der Waals surface area contributed by atoms with Gasteiger partial charge >= 0.3 is 0 Å². The first kappa shape index (κ1) is 15.4. The molecule has 0 saturated heterocycles. The van der Waals surface area contributed by atoms with E-state index < -0.39 is 0 Å². The molecule has 3 heterocycles. The molecule has 1 saturated carbocycles. The predicted molar refractivity (Wildman–Crippen MR) is 97.0 cm³/mol. The van der Waals surface area contributed by atoms with E-state index in [1.54, 1.807) is 0 Å². The first-order valence-corrected chi connectivity index (χ1v) is 8.92. The van der Waals surface area contributed by atoms with Gasteiger partial charge in [0.15, 0.2) is 0 Å². The Balaban J connectivity index is 1.58. The smallest absolute Gasteiger partial charge is 0.137 e. The Hall–Kier alpha value is -2.14. The van der Waals surface area contributed by atoms with Crippen LogP contribution in [-0.2, 0) is 0 Å². The van der Waals surface area contributed by atoms with Gasteiger partial charge in [0.1, 0.15) is 5.65 Å². The van der Waals surface area contributed by atoms with E-state index in [2.05, 4.69) is 51.3 Å². The molecule has 0 unspecified atom stereocenters. The number of fused-ring (bicyclic) bond motifs is 1. The molecule has 3 aromatic heterocycles. The Morgan fingerprint density at radius 1 is 1.17 bits per heavy atom. The Kier molecular flexibility index (Phi) is 4.10. The third kappa shape index (κ3) is 2.73. The van der Waals surface area contributed by atoms with Crippen LogP contribution in [0.2, 0.25) is 0 Å². The summed E-state index contributed by atoms with van der Waals surface area (Å²) in [5.41, 5.74) is 4.61. The molecule has 24 heavy (non-hydrogen) atoms. The van der Waals surface area contributed by atoms with Gasteiger partial charge in [-0.15, -0.1) is 0 Å². The summed E-state index contributed by atoms with van der Waals surface area (Å²) in [5.74, 6) is 0.635. The van der Waals surface area contributed by atoms with Gasteiger partial charge in [-0.3, -0.25) is 5.10 Å². The van der Waals surface area contributed by atoms with Crippen molar-refractivity contribution in [3.8, 4) is 11.1 Å². The SMILES string of the molecule is CCN(C)C1CCC(c2cnc3[nH]cc(-c4cn[nH]c4)c3c2)CC1. The molecule has 0 aliphatic heterocycles. The van der Waals surface area contributed by atoms with E-state index in [-0.39, 0.29) is 0 Å². The summed E-state index contributed by atoms with van der Waals surface area (Å²) in [7, 11) is 2.25. The minimum absolute atomic E-state index is 0.635. The largest absolute Gasteiger partial charge is 0.346 e. The van der Waals surface area contributed by atoms with E-state index in [0.717, 1.165) is 23.8 Å². The highest BCUT2D eigenvalue weighted by Crippen LogP contribution is 2.36. The minimum Gasteiger partial charge on any atom is -0.346 e. The minimum atomic E-state index is 0.635. The van der Waals surface area contributed by atoms with Crippen LogP contribution in [-0.4, -0.2) is 44.7 Å². The fourth-order valence-electron chi connectivity index (χ4n) is 3.99. The van der Waals surface area contributed by atoms with Crippen LogP contribution in [0.5, 0.6) is 0 Å². The quantitative estimate of drug-likeness (QED) is 0.765. The van der Waals surface area contributed by atoms with Crippen molar-refractivity contribution in [3.63, 3.8) is 0 Å². The molecule has 0 radical (unpaired) electrons. The van der Waals surface area contributed by atoms with Gasteiger partial charge in [0.2, 0.25) is 0 Å². The molecule has 0 spiro atoms. The third-order valence-corrected chi connectivity index (χ3v) is 5.65. The van der Waals surface area contributed by atoms with Crippen LogP contribution < -0.4 is 0 Å². The zero-order valence-corrected chi connectivity index (χ0v) is 14.4. The molecule has 3 aromatic rings. The second kappa shape index (κ2) is 6.40. The van der Waals surface area contributed by atoms with Crippen molar-refractivity contribution in [1.82, 2.24) is 25.1 Å². The number of H-pyrrole nitrogens is 2. The highest BCUT2D eigenvalue weighted by molar-refractivity contribution is 5.93. The Morgan fingerprint density at radius 2 is 2.00 bits per heavy atom. The van der Waals surface area contributed by atoms with Crippen molar-refractivity contribution >= 4 is 11.0 Å². The molecule has 0 atom stereocenters.